The highest BCUT2D eigenvalue weighted by Gasteiger charge is 2.21. The van der Waals surface area contributed by atoms with E-state index < -0.39 is 6.10 Å². The minimum atomic E-state index is -0.638. The monoisotopic (exact) mass is 254 g/mol. The van der Waals surface area contributed by atoms with Crippen LogP contribution in [0.2, 0.25) is 0 Å². The van der Waals surface area contributed by atoms with Crippen LogP contribution in [0.5, 0.6) is 0 Å². The van der Waals surface area contributed by atoms with Gasteiger partial charge in [0, 0.05) is 12.1 Å². The van der Waals surface area contributed by atoms with Crippen molar-refractivity contribution in [3.8, 4) is 0 Å². The number of pyridine rings is 1. The molecule has 0 aromatic carbocycles. The fraction of sp³-hybridized carbons (Fsp3) is 0.643. The molecule has 1 N–H and O–H groups in total. The number of aliphatic hydroxyl groups is 1. The van der Waals surface area contributed by atoms with Gasteiger partial charge in [0.05, 0.1) is 18.0 Å². The summed E-state index contributed by atoms with van der Waals surface area (Å²) in [5.74, 6) is -0.379. The number of hydrogen-bond donors (Lipinski definition) is 1. The number of aromatic nitrogens is 1. The summed E-state index contributed by atoms with van der Waals surface area (Å²) < 4.78 is 12.7. The SMILES string of the molecule is CCC(C)(C)N(C)CCC(O)c1ccc(F)cn1. The summed E-state index contributed by atoms with van der Waals surface area (Å²) in [5.41, 5.74) is 0.648. The normalized spacial score (nSPS) is 13.9. The van der Waals surface area contributed by atoms with Gasteiger partial charge in [0.1, 0.15) is 5.82 Å². The molecule has 1 aromatic heterocycles. The third kappa shape index (κ3) is 4.03. The molecule has 0 spiro atoms. The molecular weight excluding hydrogens is 231 g/mol. The number of rotatable bonds is 6. The highest BCUT2D eigenvalue weighted by atomic mass is 19.1. The molecule has 4 heteroatoms. The second kappa shape index (κ2) is 6.25. The summed E-state index contributed by atoms with van der Waals surface area (Å²) in [5, 5.41) is 9.99. The van der Waals surface area contributed by atoms with Crippen molar-refractivity contribution in [3.63, 3.8) is 0 Å². The summed E-state index contributed by atoms with van der Waals surface area (Å²) in [6.45, 7) is 7.28. The summed E-state index contributed by atoms with van der Waals surface area (Å²) >= 11 is 0. The standard InChI is InChI=1S/C14H23FN2O/c1-5-14(2,3)17(4)9-8-13(18)12-7-6-11(15)10-16-12/h6-7,10,13,18H,5,8-9H2,1-4H3. The van der Waals surface area contributed by atoms with E-state index in [4.69, 9.17) is 0 Å². The van der Waals surface area contributed by atoms with Crippen molar-refractivity contribution in [2.75, 3.05) is 13.6 Å². The number of hydrogen-bond acceptors (Lipinski definition) is 3. The van der Waals surface area contributed by atoms with Crippen LogP contribution in [0.25, 0.3) is 0 Å². The number of aliphatic hydroxyl groups excluding tert-OH is 1. The van der Waals surface area contributed by atoms with E-state index in [0.717, 1.165) is 19.2 Å². The molecule has 18 heavy (non-hydrogen) atoms. The number of halogens is 1. The zero-order valence-corrected chi connectivity index (χ0v) is 11.7. The van der Waals surface area contributed by atoms with Crippen LogP contribution in [0.3, 0.4) is 0 Å². The van der Waals surface area contributed by atoms with Crippen molar-refractivity contribution >= 4 is 0 Å². The second-order valence-electron chi connectivity index (χ2n) is 5.29. The molecule has 1 heterocycles. The average molecular weight is 254 g/mol. The predicted octanol–water partition coefficient (Wildman–Crippen LogP) is 2.76. The van der Waals surface area contributed by atoms with Gasteiger partial charge >= 0.3 is 0 Å². The van der Waals surface area contributed by atoms with Gasteiger partial charge in [-0.1, -0.05) is 6.92 Å². The first-order valence-electron chi connectivity index (χ1n) is 6.37. The van der Waals surface area contributed by atoms with Gasteiger partial charge in [-0.3, -0.25) is 4.98 Å². The molecule has 1 unspecified atom stereocenters. The Kier molecular flexibility index (Phi) is 5.23. The zero-order chi connectivity index (χ0) is 13.8. The van der Waals surface area contributed by atoms with Crippen LogP contribution >= 0.6 is 0 Å². The zero-order valence-electron chi connectivity index (χ0n) is 11.7. The summed E-state index contributed by atoms with van der Waals surface area (Å²) in [4.78, 5) is 6.12. The fourth-order valence-corrected chi connectivity index (χ4v) is 1.62. The van der Waals surface area contributed by atoms with E-state index in [1.54, 1.807) is 0 Å². The third-order valence-electron chi connectivity index (χ3n) is 3.73. The van der Waals surface area contributed by atoms with Gasteiger partial charge in [0.15, 0.2) is 0 Å². The smallest absolute Gasteiger partial charge is 0.141 e. The Hall–Kier alpha value is -1.00. The molecule has 0 aliphatic carbocycles. The van der Waals surface area contributed by atoms with E-state index >= 15 is 0 Å². The lowest BCUT2D eigenvalue weighted by atomic mass is 9.99. The van der Waals surface area contributed by atoms with E-state index in [-0.39, 0.29) is 11.4 Å². The van der Waals surface area contributed by atoms with Crippen molar-refractivity contribution < 1.29 is 9.50 Å². The molecule has 0 aliphatic rings. The van der Waals surface area contributed by atoms with Gasteiger partial charge in [-0.05, 0) is 45.9 Å². The van der Waals surface area contributed by atoms with Crippen LogP contribution in [0, 0.1) is 5.82 Å². The molecule has 0 saturated heterocycles. The largest absolute Gasteiger partial charge is 0.387 e. The van der Waals surface area contributed by atoms with Crippen LogP contribution in [0.15, 0.2) is 18.3 Å². The fourth-order valence-electron chi connectivity index (χ4n) is 1.62. The van der Waals surface area contributed by atoms with E-state index in [1.165, 1.54) is 12.1 Å². The Bertz CT molecular complexity index is 365. The van der Waals surface area contributed by atoms with E-state index in [0.29, 0.717) is 12.1 Å². The van der Waals surface area contributed by atoms with Crippen molar-refractivity contribution in [2.24, 2.45) is 0 Å². The molecule has 0 aliphatic heterocycles. The molecule has 0 fully saturated rings. The first kappa shape index (κ1) is 15.1. The van der Waals surface area contributed by atoms with Crippen LogP contribution in [0.4, 0.5) is 4.39 Å². The third-order valence-corrected chi connectivity index (χ3v) is 3.73. The second-order valence-corrected chi connectivity index (χ2v) is 5.29. The van der Waals surface area contributed by atoms with Crippen molar-refractivity contribution in [3.05, 3.63) is 29.8 Å². The maximum absolute atomic E-state index is 12.7. The van der Waals surface area contributed by atoms with Crippen LogP contribution in [-0.2, 0) is 0 Å². The Morgan fingerprint density at radius 3 is 2.61 bits per heavy atom. The van der Waals surface area contributed by atoms with Crippen LogP contribution < -0.4 is 0 Å². The molecule has 0 bridgehead atoms. The van der Waals surface area contributed by atoms with Gasteiger partial charge < -0.3 is 10.0 Å². The summed E-state index contributed by atoms with van der Waals surface area (Å²) in [7, 11) is 2.05. The highest BCUT2D eigenvalue weighted by Crippen LogP contribution is 2.20. The Balaban J connectivity index is 2.51. The van der Waals surface area contributed by atoms with E-state index in [1.807, 2.05) is 7.05 Å². The topological polar surface area (TPSA) is 36.4 Å². The maximum atomic E-state index is 12.7. The van der Waals surface area contributed by atoms with Crippen molar-refractivity contribution in [1.29, 1.82) is 0 Å². The minimum Gasteiger partial charge on any atom is -0.387 e. The lowest BCUT2D eigenvalue weighted by Gasteiger charge is -2.35. The molecule has 0 radical (unpaired) electrons. The molecule has 0 saturated carbocycles. The Morgan fingerprint density at radius 1 is 1.44 bits per heavy atom. The van der Waals surface area contributed by atoms with E-state index in [9.17, 15) is 9.50 Å². The maximum Gasteiger partial charge on any atom is 0.141 e. The molecule has 1 aromatic rings. The summed E-state index contributed by atoms with van der Waals surface area (Å²) in [6, 6.07) is 2.86. The molecular formula is C14H23FN2O. The lowest BCUT2D eigenvalue weighted by Crippen LogP contribution is -2.41. The van der Waals surface area contributed by atoms with Gasteiger partial charge in [-0.25, -0.2) is 4.39 Å². The minimum absolute atomic E-state index is 0.121. The van der Waals surface area contributed by atoms with Gasteiger partial charge in [-0.2, -0.15) is 0 Å². The molecule has 0 amide bonds. The molecule has 1 atom stereocenters. The van der Waals surface area contributed by atoms with Crippen LogP contribution in [-0.4, -0.2) is 34.1 Å². The molecule has 102 valence electrons. The van der Waals surface area contributed by atoms with E-state index in [2.05, 4.69) is 30.7 Å². The number of nitrogens with zero attached hydrogens (tertiary/aromatic N) is 2. The van der Waals surface area contributed by atoms with Gasteiger partial charge in [-0.15, -0.1) is 0 Å². The molecule has 3 nitrogen and oxygen atoms in total. The Labute approximate surface area is 109 Å². The first-order valence-corrected chi connectivity index (χ1v) is 6.37. The lowest BCUT2D eigenvalue weighted by molar-refractivity contribution is 0.103. The Morgan fingerprint density at radius 2 is 2.11 bits per heavy atom. The summed E-state index contributed by atoms with van der Waals surface area (Å²) in [6.07, 6.45) is 2.14. The van der Waals surface area contributed by atoms with Crippen molar-refractivity contribution in [2.45, 2.75) is 45.3 Å². The molecule has 1 rings (SSSR count). The first-order chi connectivity index (χ1) is 8.36. The average Bonchev–Trinajstić information content (AvgIpc) is 2.36. The van der Waals surface area contributed by atoms with Gasteiger partial charge in [0.25, 0.3) is 0 Å². The highest BCUT2D eigenvalue weighted by molar-refractivity contribution is 5.08. The van der Waals surface area contributed by atoms with Crippen molar-refractivity contribution in [1.82, 2.24) is 9.88 Å². The van der Waals surface area contributed by atoms with Gasteiger partial charge in [0.2, 0.25) is 0 Å². The predicted molar refractivity (Wildman–Crippen MR) is 70.8 cm³/mol. The quantitative estimate of drug-likeness (QED) is 0.848. The van der Waals surface area contributed by atoms with Crippen LogP contribution in [0.1, 0.15) is 45.4 Å².